The molecule has 0 aliphatic carbocycles. The summed E-state index contributed by atoms with van der Waals surface area (Å²) in [7, 11) is 0. The van der Waals surface area contributed by atoms with Crippen LogP contribution >= 0.6 is 15.9 Å². The number of rotatable bonds is 3. The Balaban J connectivity index is 2.28. The molecule has 1 aromatic carbocycles. The summed E-state index contributed by atoms with van der Waals surface area (Å²) < 4.78 is 0.608. The summed E-state index contributed by atoms with van der Waals surface area (Å²) >= 11 is 3.29. The topological polar surface area (TPSA) is 86.0 Å². The fourth-order valence-corrected chi connectivity index (χ4v) is 1.93. The Morgan fingerprint density at radius 1 is 1.37 bits per heavy atom. The third-order valence-electron chi connectivity index (χ3n) is 2.37. The molecule has 0 radical (unpaired) electrons. The van der Waals surface area contributed by atoms with Crippen molar-refractivity contribution >= 4 is 33.4 Å². The first-order valence-electron chi connectivity index (χ1n) is 5.26. The van der Waals surface area contributed by atoms with Gasteiger partial charge in [0.05, 0.1) is 22.9 Å². The van der Waals surface area contributed by atoms with Crippen molar-refractivity contribution in [1.82, 2.24) is 4.98 Å². The van der Waals surface area contributed by atoms with E-state index in [4.69, 9.17) is 10.4 Å². The van der Waals surface area contributed by atoms with Crippen molar-refractivity contribution in [3.8, 4) is 6.07 Å². The lowest BCUT2D eigenvalue weighted by Crippen LogP contribution is -1.99. The number of carbonyl (C=O) groups is 1. The number of carboxylic acids is 1. The Kier molecular flexibility index (Phi) is 3.78. The highest BCUT2D eigenvalue weighted by Gasteiger charge is 2.07. The van der Waals surface area contributed by atoms with E-state index in [-0.39, 0.29) is 5.56 Å². The lowest BCUT2D eigenvalue weighted by atomic mass is 10.2. The molecule has 5 nitrogen and oxygen atoms in total. The molecule has 0 spiro atoms. The van der Waals surface area contributed by atoms with Gasteiger partial charge in [0.25, 0.3) is 0 Å². The molecule has 1 aromatic heterocycles. The summed E-state index contributed by atoms with van der Waals surface area (Å²) in [6.07, 6.45) is 1.53. The van der Waals surface area contributed by atoms with Crippen LogP contribution in [0, 0.1) is 11.3 Å². The average Bonchev–Trinajstić information content (AvgIpc) is 2.41. The van der Waals surface area contributed by atoms with Gasteiger partial charge in [0, 0.05) is 10.7 Å². The molecular formula is C13H8BrN3O2. The number of nitrogens with zero attached hydrogens (tertiary/aromatic N) is 2. The summed E-state index contributed by atoms with van der Waals surface area (Å²) in [6.45, 7) is 0. The van der Waals surface area contributed by atoms with E-state index >= 15 is 0 Å². The minimum absolute atomic E-state index is 0.191. The monoisotopic (exact) mass is 317 g/mol. The minimum Gasteiger partial charge on any atom is -0.478 e. The molecule has 0 bridgehead atoms. The van der Waals surface area contributed by atoms with Crippen LogP contribution in [0.2, 0.25) is 0 Å². The molecule has 0 atom stereocenters. The molecule has 0 amide bonds. The third-order valence-corrected chi connectivity index (χ3v) is 3.02. The standard InChI is InChI=1S/C13H8BrN3O2/c14-10-6-9(13(18)19)1-2-11(10)17-12-5-8(7-15)3-4-16-12/h1-6H,(H,16,17)(H,18,19). The molecule has 6 heteroatoms. The maximum Gasteiger partial charge on any atom is 0.335 e. The molecule has 0 fully saturated rings. The maximum atomic E-state index is 10.8. The zero-order chi connectivity index (χ0) is 13.8. The van der Waals surface area contributed by atoms with Gasteiger partial charge in [-0.05, 0) is 46.3 Å². The van der Waals surface area contributed by atoms with Gasteiger partial charge in [-0.2, -0.15) is 5.26 Å². The Hall–Kier alpha value is -2.39. The first-order valence-corrected chi connectivity index (χ1v) is 6.05. The highest BCUT2D eigenvalue weighted by Crippen LogP contribution is 2.26. The summed E-state index contributed by atoms with van der Waals surface area (Å²) in [5, 5.41) is 20.7. The lowest BCUT2D eigenvalue weighted by molar-refractivity contribution is 0.0697. The van der Waals surface area contributed by atoms with Crippen LogP contribution in [0.25, 0.3) is 0 Å². The molecule has 19 heavy (non-hydrogen) atoms. The molecule has 1 heterocycles. The van der Waals surface area contributed by atoms with Gasteiger partial charge in [-0.3, -0.25) is 0 Å². The first kappa shape index (κ1) is 13.1. The molecular weight excluding hydrogens is 310 g/mol. The zero-order valence-corrected chi connectivity index (χ0v) is 11.2. The highest BCUT2D eigenvalue weighted by atomic mass is 79.9. The van der Waals surface area contributed by atoms with Crippen molar-refractivity contribution in [3.63, 3.8) is 0 Å². The van der Waals surface area contributed by atoms with E-state index in [1.54, 1.807) is 18.2 Å². The number of benzene rings is 1. The van der Waals surface area contributed by atoms with Crippen molar-refractivity contribution in [2.24, 2.45) is 0 Å². The van der Waals surface area contributed by atoms with Crippen LogP contribution < -0.4 is 5.32 Å². The summed E-state index contributed by atoms with van der Waals surface area (Å²) in [5.41, 5.74) is 1.36. The number of carboxylic acid groups (broad SMARTS) is 1. The number of hydrogen-bond acceptors (Lipinski definition) is 4. The number of pyridine rings is 1. The number of nitriles is 1. The van der Waals surface area contributed by atoms with E-state index in [9.17, 15) is 4.79 Å². The van der Waals surface area contributed by atoms with E-state index in [0.717, 1.165) is 0 Å². The second-order valence-corrected chi connectivity index (χ2v) is 4.52. The smallest absolute Gasteiger partial charge is 0.335 e. The van der Waals surface area contributed by atoms with Gasteiger partial charge in [0.15, 0.2) is 0 Å². The minimum atomic E-state index is -0.989. The third kappa shape index (κ3) is 3.09. The van der Waals surface area contributed by atoms with E-state index in [0.29, 0.717) is 21.5 Å². The Morgan fingerprint density at radius 3 is 2.79 bits per heavy atom. The largest absolute Gasteiger partial charge is 0.478 e. The molecule has 94 valence electrons. The van der Waals surface area contributed by atoms with Crippen molar-refractivity contribution in [1.29, 1.82) is 5.26 Å². The summed E-state index contributed by atoms with van der Waals surface area (Å²) in [4.78, 5) is 14.9. The molecule has 0 saturated heterocycles. The Labute approximate surface area is 117 Å². The molecule has 2 aromatic rings. The number of nitrogens with one attached hydrogen (secondary N) is 1. The molecule has 0 aliphatic heterocycles. The van der Waals surface area contributed by atoms with Crippen LogP contribution in [0.15, 0.2) is 41.0 Å². The fraction of sp³-hybridized carbons (Fsp3) is 0. The van der Waals surface area contributed by atoms with Crippen molar-refractivity contribution < 1.29 is 9.90 Å². The maximum absolute atomic E-state index is 10.8. The molecule has 0 aliphatic rings. The second kappa shape index (κ2) is 5.50. The second-order valence-electron chi connectivity index (χ2n) is 3.67. The van der Waals surface area contributed by atoms with Crippen molar-refractivity contribution in [3.05, 3.63) is 52.1 Å². The van der Waals surface area contributed by atoms with E-state index < -0.39 is 5.97 Å². The van der Waals surface area contributed by atoms with Crippen LogP contribution in [0.3, 0.4) is 0 Å². The van der Waals surface area contributed by atoms with Gasteiger partial charge in [-0.15, -0.1) is 0 Å². The average molecular weight is 318 g/mol. The summed E-state index contributed by atoms with van der Waals surface area (Å²) in [5.74, 6) is -0.473. The van der Waals surface area contributed by atoms with Crippen LogP contribution in [0.4, 0.5) is 11.5 Å². The van der Waals surface area contributed by atoms with Crippen LogP contribution in [-0.4, -0.2) is 16.1 Å². The van der Waals surface area contributed by atoms with Gasteiger partial charge in [0.1, 0.15) is 5.82 Å². The molecule has 0 saturated carbocycles. The van der Waals surface area contributed by atoms with E-state index in [1.807, 2.05) is 6.07 Å². The van der Waals surface area contributed by atoms with Crippen molar-refractivity contribution in [2.45, 2.75) is 0 Å². The van der Waals surface area contributed by atoms with Gasteiger partial charge >= 0.3 is 5.97 Å². The summed E-state index contributed by atoms with van der Waals surface area (Å²) in [6, 6.07) is 9.86. The lowest BCUT2D eigenvalue weighted by Gasteiger charge is -2.08. The number of hydrogen-bond donors (Lipinski definition) is 2. The predicted molar refractivity (Wildman–Crippen MR) is 73.3 cm³/mol. The first-order chi connectivity index (χ1) is 9.10. The van der Waals surface area contributed by atoms with Crippen LogP contribution in [-0.2, 0) is 0 Å². The molecule has 2 N–H and O–H groups in total. The quantitative estimate of drug-likeness (QED) is 0.908. The van der Waals surface area contributed by atoms with Crippen LogP contribution in [0.1, 0.15) is 15.9 Å². The zero-order valence-electron chi connectivity index (χ0n) is 9.59. The Morgan fingerprint density at radius 2 is 2.16 bits per heavy atom. The SMILES string of the molecule is N#Cc1ccnc(Nc2ccc(C(=O)O)cc2Br)c1. The molecule has 0 unspecified atom stereocenters. The highest BCUT2D eigenvalue weighted by molar-refractivity contribution is 9.10. The normalized spacial score (nSPS) is 9.68. The van der Waals surface area contributed by atoms with Gasteiger partial charge in [0.2, 0.25) is 0 Å². The van der Waals surface area contributed by atoms with Gasteiger partial charge < -0.3 is 10.4 Å². The van der Waals surface area contributed by atoms with Gasteiger partial charge in [-0.25, -0.2) is 9.78 Å². The predicted octanol–water partition coefficient (Wildman–Crippen LogP) is 3.16. The van der Waals surface area contributed by atoms with E-state index in [2.05, 4.69) is 26.2 Å². The fourth-order valence-electron chi connectivity index (χ4n) is 1.46. The van der Waals surface area contributed by atoms with Crippen LogP contribution in [0.5, 0.6) is 0 Å². The Bertz CT molecular complexity index is 680. The molecule has 2 rings (SSSR count). The van der Waals surface area contributed by atoms with E-state index in [1.165, 1.54) is 18.3 Å². The number of halogens is 1. The van der Waals surface area contributed by atoms with Crippen molar-refractivity contribution in [2.75, 3.05) is 5.32 Å². The number of anilines is 2. The van der Waals surface area contributed by atoms with Gasteiger partial charge in [-0.1, -0.05) is 0 Å². The number of aromatic nitrogens is 1. The number of aromatic carboxylic acids is 1.